The van der Waals surface area contributed by atoms with Crippen molar-refractivity contribution in [3.8, 4) is 11.8 Å². The molecule has 1 unspecified atom stereocenters. The van der Waals surface area contributed by atoms with Crippen molar-refractivity contribution in [1.82, 2.24) is 0 Å². The van der Waals surface area contributed by atoms with E-state index in [1.165, 1.54) is 0 Å². The fourth-order valence-corrected chi connectivity index (χ4v) is 1.20. The van der Waals surface area contributed by atoms with Crippen molar-refractivity contribution in [2.24, 2.45) is 0 Å². The maximum absolute atomic E-state index is 9.26. The average Bonchev–Trinajstić information content (AvgIpc) is 2.17. The van der Waals surface area contributed by atoms with Crippen LogP contribution in [0.2, 0.25) is 0 Å². The first-order valence-electron chi connectivity index (χ1n) is 4.33. The molecule has 68 valence electrons. The standard InChI is InChI=1S/C11H13NO/c1-3-11(2,8-12)9-5-4-6-10(13)7-9/h4-7,13H,3H2,1-2H3. The molecule has 0 radical (unpaired) electrons. The summed E-state index contributed by atoms with van der Waals surface area (Å²) >= 11 is 0. The highest BCUT2D eigenvalue weighted by Crippen LogP contribution is 2.28. The lowest BCUT2D eigenvalue weighted by Crippen LogP contribution is -2.17. The molecule has 0 heterocycles. The minimum Gasteiger partial charge on any atom is -0.508 e. The molecule has 0 aliphatic heterocycles. The lowest BCUT2D eigenvalue weighted by atomic mass is 9.82. The minimum atomic E-state index is -0.487. The van der Waals surface area contributed by atoms with Crippen LogP contribution in [0.1, 0.15) is 25.8 Å². The Morgan fingerprint density at radius 2 is 2.23 bits per heavy atom. The van der Waals surface area contributed by atoms with Crippen molar-refractivity contribution in [1.29, 1.82) is 5.26 Å². The molecule has 1 aromatic carbocycles. The van der Waals surface area contributed by atoms with Gasteiger partial charge in [0.2, 0.25) is 0 Å². The van der Waals surface area contributed by atoms with Gasteiger partial charge in [-0.15, -0.1) is 0 Å². The van der Waals surface area contributed by atoms with E-state index < -0.39 is 5.41 Å². The second-order valence-corrected chi connectivity index (χ2v) is 3.35. The van der Waals surface area contributed by atoms with Crippen LogP contribution in [-0.4, -0.2) is 5.11 Å². The van der Waals surface area contributed by atoms with Crippen LogP contribution in [0.4, 0.5) is 0 Å². The molecule has 1 rings (SSSR count). The van der Waals surface area contributed by atoms with Gasteiger partial charge in [0.25, 0.3) is 0 Å². The maximum Gasteiger partial charge on any atom is 0.115 e. The molecule has 0 spiro atoms. The Hall–Kier alpha value is -1.49. The smallest absolute Gasteiger partial charge is 0.115 e. The fourth-order valence-electron chi connectivity index (χ4n) is 1.20. The Morgan fingerprint density at radius 3 is 2.69 bits per heavy atom. The molecule has 2 nitrogen and oxygen atoms in total. The van der Waals surface area contributed by atoms with E-state index in [2.05, 4.69) is 6.07 Å². The van der Waals surface area contributed by atoms with Gasteiger partial charge >= 0.3 is 0 Å². The van der Waals surface area contributed by atoms with Crippen LogP contribution in [-0.2, 0) is 5.41 Å². The van der Waals surface area contributed by atoms with Crippen LogP contribution in [0.3, 0.4) is 0 Å². The second-order valence-electron chi connectivity index (χ2n) is 3.35. The zero-order valence-corrected chi connectivity index (χ0v) is 7.91. The van der Waals surface area contributed by atoms with E-state index in [-0.39, 0.29) is 5.75 Å². The van der Waals surface area contributed by atoms with Gasteiger partial charge in [0, 0.05) is 0 Å². The largest absolute Gasteiger partial charge is 0.508 e. The zero-order chi connectivity index (χ0) is 9.90. The number of phenolic OH excluding ortho intramolecular Hbond substituents is 1. The van der Waals surface area contributed by atoms with Gasteiger partial charge in [-0.05, 0) is 31.0 Å². The first-order chi connectivity index (χ1) is 6.12. The van der Waals surface area contributed by atoms with Crippen LogP contribution >= 0.6 is 0 Å². The third kappa shape index (κ3) is 1.81. The van der Waals surface area contributed by atoms with E-state index in [0.29, 0.717) is 0 Å². The first kappa shape index (κ1) is 9.60. The molecule has 0 aromatic heterocycles. The molecule has 13 heavy (non-hydrogen) atoms. The lowest BCUT2D eigenvalue weighted by Gasteiger charge is -2.19. The Morgan fingerprint density at radius 1 is 1.54 bits per heavy atom. The third-order valence-corrected chi connectivity index (χ3v) is 2.44. The summed E-state index contributed by atoms with van der Waals surface area (Å²) < 4.78 is 0. The molecule has 0 fully saturated rings. The summed E-state index contributed by atoms with van der Waals surface area (Å²) in [6, 6.07) is 9.14. The van der Waals surface area contributed by atoms with Gasteiger partial charge in [-0.1, -0.05) is 19.1 Å². The molecular weight excluding hydrogens is 162 g/mol. The average molecular weight is 175 g/mol. The molecule has 1 aromatic rings. The summed E-state index contributed by atoms with van der Waals surface area (Å²) in [6.07, 6.45) is 0.743. The van der Waals surface area contributed by atoms with Crippen LogP contribution < -0.4 is 0 Å². The maximum atomic E-state index is 9.26. The number of hydrogen-bond donors (Lipinski definition) is 1. The molecule has 0 aliphatic rings. The molecule has 0 amide bonds. The SMILES string of the molecule is CCC(C)(C#N)c1cccc(O)c1. The van der Waals surface area contributed by atoms with Crippen molar-refractivity contribution < 1.29 is 5.11 Å². The lowest BCUT2D eigenvalue weighted by molar-refractivity contribution is 0.471. The normalized spacial score (nSPS) is 14.5. The fraction of sp³-hybridized carbons (Fsp3) is 0.364. The van der Waals surface area contributed by atoms with Crippen molar-refractivity contribution in [3.05, 3.63) is 29.8 Å². The minimum absolute atomic E-state index is 0.215. The Balaban J connectivity index is 3.14. The van der Waals surface area contributed by atoms with Crippen LogP contribution in [0, 0.1) is 11.3 Å². The number of benzene rings is 1. The van der Waals surface area contributed by atoms with Crippen molar-refractivity contribution >= 4 is 0 Å². The summed E-state index contributed by atoms with van der Waals surface area (Å²) in [5.41, 5.74) is 0.385. The number of phenols is 1. The number of rotatable bonds is 2. The van der Waals surface area contributed by atoms with E-state index in [0.717, 1.165) is 12.0 Å². The molecule has 1 atom stereocenters. The molecule has 2 heteroatoms. The zero-order valence-electron chi connectivity index (χ0n) is 7.91. The van der Waals surface area contributed by atoms with Crippen LogP contribution in [0.15, 0.2) is 24.3 Å². The number of hydrogen-bond acceptors (Lipinski definition) is 2. The summed E-state index contributed by atoms with van der Waals surface area (Å²) in [4.78, 5) is 0. The van der Waals surface area contributed by atoms with E-state index >= 15 is 0 Å². The van der Waals surface area contributed by atoms with E-state index in [1.807, 2.05) is 19.9 Å². The summed E-state index contributed by atoms with van der Waals surface area (Å²) in [5, 5.41) is 18.3. The van der Waals surface area contributed by atoms with Crippen molar-refractivity contribution in [2.45, 2.75) is 25.7 Å². The van der Waals surface area contributed by atoms with Gasteiger partial charge in [0.05, 0.1) is 11.5 Å². The van der Waals surface area contributed by atoms with Crippen LogP contribution in [0.25, 0.3) is 0 Å². The number of aromatic hydroxyl groups is 1. The predicted octanol–water partition coefficient (Wildman–Crippen LogP) is 2.58. The van der Waals surface area contributed by atoms with Crippen molar-refractivity contribution in [3.63, 3.8) is 0 Å². The van der Waals surface area contributed by atoms with Gasteiger partial charge in [0.1, 0.15) is 5.75 Å². The Kier molecular flexibility index (Phi) is 2.57. The molecular formula is C11H13NO. The number of nitriles is 1. The topological polar surface area (TPSA) is 44.0 Å². The van der Waals surface area contributed by atoms with Gasteiger partial charge in [0.15, 0.2) is 0 Å². The summed E-state index contributed by atoms with van der Waals surface area (Å²) in [5.74, 6) is 0.215. The highest BCUT2D eigenvalue weighted by molar-refractivity contribution is 5.36. The van der Waals surface area contributed by atoms with Gasteiger partial charge < -0.3 is 5.11 Å². The van der Waals surface area contributed by atoms with Gasteiger partial charge in [-0.3, -0.25) is 0 Å². The van der Waals surface area contributed by atoms with Crippen molar-refractivity contribution in [2.75, 3.05) is 0 Å². The second kappa shape index (κ2) is 3.49. The molecule has 0 saturated carbocycles. The predicted molar refractivity (Wildman–Crippen MR) is 51.4 cm³/mol. The van der Waals surface area contributed by atoms with Crippen LogP contribution in [0.5, 0.6) is 5.75 Å². The highest BCUT2D eigenvalue weighted by Gasteiger charge is 2.23. The highest BCUT2D eigenvalue weighted by atomic mass is 16.3. The third-order valence-electron chi connectivity index (χ3n) is 2.44. The summed E-state index contributed by atoms with van der Waals surface area (Å²) in [7, 11) is 0. The van der Waals surface area contributed by atoms with Gasteiger partial charge in [-0.25, -0.2) is 0 Å². The van der Waals surface area contributed by atoms with Gasteiger partial charge in [-0.2, -0.15) is 5.26 Å². The summed E-state index contributed by atoms with van der Waals surface area (Å²) in [6.45, 7) is 3.84. The molecule has 0 aliphatic carbocycles. The molecule has 0 bridgehead atoms. The van der Waals surface area contributed by atoms with E-state index in [9.17, 15) is 5.11 Å². The van der Waals surface area contributed by atoms with E-state index in [1.54, 1.807) is 18.2 Å². The quantitative estimate of drug-likeness (QED) is 0.750. The number of nitrogens with zero attached hydrogens (tertiary/aromatic N) is 1. The van der Waals surface area contributed by atoms with E-state index in [4.69, 9.17) is 5.26 Å². The first-order valence-corrected chi connectivity index (χ1v) is 4.33. The molecule has 0 saturated heterocycles. The monoisotopic (exact) mass is 175 g/mol. The Labute approximate surface area is 78.4 Å². The molecule has 1 N–H and O–H groups in total. The Bertz CT molecular complexity index is 340.